The fraction of sp³-hybridized carbons (Fsp3) is 0.957. The van der Waals surface area contributed by atoms with Gasteiger partial charge in [0.05, 0.1) is 5.92 Å². The first-order valence-corrected chi connectivity index (χ1v) is 10.9. The van der Waals surface area contributed by atoms with Crippen molar-refractivity contribution in [2.75, 3.05) is 0 Å². The first-order chi connectivity index (χ1) is 12.4. The van der Waals surface area contributed by atoms with Crippen molar-refractivity contribution in [3.05, 3.63) is 0 Å². The molecule has 0 spiro atoms. The highest BCUT2D eigenvalue weighted by Gasteiger charge is 2.77. The summed E-state index contributed by atoms with van der Waals surface area (Å²) in [6.45, 7) is 15.1. The topological polar surface area (TPSA) is 55.8 Å². The lowest BCUT2D eigenvalue weighted by atomic mass is 9.53. The average Bonchev–Trinajstić information content (AvgIpc) is 2.94. The molecule has 0 aromatic heterocycles. The summed E-state index contributed by atoms with van der Waals surface area (Å²) < 4.78 is 13.0. The van der Waals surface area contributed by atoms with Gasteiger partial charge in [0.15, 0.2) is 5.79 Å². The predicted molar refractivity (Wildman–Crippen MR) is 104 cm³/mol. The molecular formula is C23H38O4. The molecule has 1 N–H and O–H groups in total. The van der Waals surface area contributed by atoms with Gasteiger partial charge in [0, 0.05) is 0 Å². The van der Waals surface area contributed by atoms with E-state index in [1.165, 1.54) is 6.42 Å². The number of carbonyl (C=O) groups is 1. The fourth-order valence-electron chi connectivity index (χ4n) is 8.22. The Morgan fingerprint density at radius 1 is 1.07 bits per heavy atom. The molecule has 4 nitrogen and oxygen atoms in total. The van der Waals surface area contributed by atoms with Crippen LogP contribution in [0.5, 0.6) is 0 Å². The smallest absolute Gasteiger partial charge is 0.164 e. The molecule has 0 unspecified atom stereocenters. The van der Waals surface area contributed by atoms with Crippen LogP contribution in [0.3, 0.4) is 0 Å². The van der Waals surface area contributed by atoms with Crippen LogP contribution >= 0.6 is 0 Å². The molecule has 154 valence electrons. The molecule has 4 heteroatoms. The van der Waals surface area contributed by atoms with Crippen molar-refractivity contribution in [3.63, 3.8) is 0 Å². The highest BCUT2D eigenvalue weighted by molar-refractivity contribution is 5.60. The lowest BCUT2D eigenvalue weighted by Crippen LogP contribution is -2.66. The van der Waals surface area contributed by atoms with Crippen LogP contribution in [0.15, 0.2) is 0 Å². The summed E-state index contributed by atoms with van der Waals surface area (Å²) in [6, 6.07) is 0. The molecule has 1 saturated heterocycles. The fourth-order valence-corrected chi connectivity index (χ4v) is 8.22. The van der Waals surface area contributed by atoms with Gasteiger partial charge in [-0.3, -0.25) is 0 Å². The Balaban J connectivity index is 1.89. The molecule has 4 rings (SSSR count). The Hall–Kier alpha value is -0.450. The zero-order valence-electron chi connectivity index (χ0n) is 18.2. The van der Waals surface area contributed by atoms with Gasteiger partial charge in [-0.2, -0.15) is 0 Å². The normalized spacial score (nSPS) is 52.9. The summed E-state index contributed by atoms with van der Waals surface area (Å²) in [7, 11) is 0. The van der Waals surface area contributed by atoms with E-state index in [1.54, 1.807) is 0 Å². The van der Waals surface area contributed by atoms with Crippen LogP contribution in [0.25, 0.3) is 0 Å². The number of rotatable bonds is 2. The van der Waals surface area contributed by atoms with E-state index in [1.807, 2.05) is 13.8 Å². The van der Waals surface area contributed by atoms with E-state index in [4.69, 9.17) is 9.47 Å². The molecule has 7 atom stereocenters. The molecule has 4 fully saturated rings. The van der Waals surface area contributed by atoms with Crippen LogP contribution in [-0.2, 0) is 14.3 Å². The SMILES string of the molecule is CC(C)[C@@]12CC[C@@H]3[C@@]4(C)CCCC(C)(C)[C@@H]4[C@@H](C=O)[C@]3(O)[C@@H]1OC(C)(C)O2. The van der Waals surface area contributed by atoms with E-state index in [0.717, 1.165) is 32.0 Å². The summed E-state index contributed by atoms with van der Waals surface area (Å²) in [5.41, 5.74) is -1.66. The summed E-state index contributed by atoms with van der Waals surface area (Å²) in [6.07, 6.45) is 5.76. The zero-order chi connectivity index (χ0) is 20.0. The largest absolute Gasteiger partial charge is 0.386 e. The Bertz CT molecular complexity index is 640. The molecule has 1 aliphatic heterocycles. The number of hydrogen-bond donors (Lipinski definition) is 1. The van der Waals surface area contributed by atoms with Crippen molar-refractivity contribution in [1.29, 1.82) is 0 Å². The first kappa shape index (κ1) is 19.8. The van der Waals surface area contributed by atoms with Crippen molar-refractivity contribution in [1.82, 2.24) is 0 Å². The minimum absolute atomic E-state index is 0.0265. The maximum Gasteiger partial charge on any atom is 0.164 e. The Labute approximate surface area is 164 Å². The van der Waals surface area contributed by atoms with E-state index in [2.05, 4.69) is 34.6 Å². The van der Waals surface area contributed by atoms with Crippen molar-refractivity contribution < 1.29 is 19.4 Å². The number of hydrogen-bond acceptors (Lipinski definition) is 4. The maximum absolute atomic E-state index is 12.5. The quantitative estimate of drug-likeness (QED) is 0.727. The number of fused-ring (bicyclic) bond motifs is 5. The van der Waals surface area contributed by atoms with Gasteiger partial charge in [-0.05, 0) is 68.1 Å². The lowest BCUT2D eigenvalue weighted by molar-refractivity contribution is -0.201. The second-order valence-corrected chi connectivity index (χ2v) is 11.6. The molecule has 1 heterocycles. The van der Waals surface area contributed by atoms with Crippen molar-refractivity contribution in [2.45, 2.75) is 104 Å². The van der Waals surface area contributed by atoms with E-state index >= 15 is 0 Å². The molecular weight excluding hydrogens is 340 g/mol. The van der Waals surface area contributed by atoms with Crippen LogP contribution < -0.4 is 0 Å². The number of carbonyl (C=O) groups excluding carboxylic acids is 1. The van der Waals surface area contributed by atoms with Gasteiger partial charge < -0.3 is 19.4 Å². The first-order valence-electron chi connectivity index (χ1n) is 10.9. The van der Waals surface area contributed by atoms with Gasteiger partial charge in [0.25, 0.3) is 0 Å². The molecule has 4 aliphatic rings. The van der Waals surface area contributed by atoms with Gasteiger partial charge in [0.1, 0.15) is 23.6 Å². The molecule has 0 radical (unpaired) electrons. The Morgan fingerprint density at radius 2 is 1.74 bits per heavy atom. The molecule has 3 saturated carbocycles. The van der Waals surface area contributed by atoms with Crippen LogP contribution in [0.4, 0.5) is 0 Å². The van der Waals surface area contributed by atoms with Gasteiger partial charge >= 0.3 is 0 Å². The van der Waals surface area contributed by atoms with Gasteiger partial charge in [-0.25, -0.2) is 0 Å². The van der Waals surface area contributed by atoms with E-state index < -0.39 is 29.0 Å². The number of aldehydes is 1. The predicted octanol–water partition coefficient (Wildman–Crippen LogP) is 4.34. The third kappa shape index (κ3) is 2.30. The minimum atomic E-state index is -1.15. The van der Waals surface area contributed by atoms with Gasteiger partial charge in [-0.15, -0.1) is 0 Å². The second-order valence-electron chi connectivity index (χ2n) is 11.6. The summed E-state index contributed by atoms with van der Waals surface area (Å²) in [5.74, 6) is -0.661. The minimum Gasteiger partial charge on any atom is -0.386 e. The maximum atomic E-state index is 12.5. The third-order valence-electron chi connectivity index (χ3n) is 8.99. The molecule has 0 aromatic rings. The number of aliphatic hydroxyl groups is 1. The van der Waals surface area contributed by atoms with Crippen molar-refractivity contribution in [2.24, 2.45) is 34.5 Å². The van der Waals surface area contributed by atoms with Crippen LogP contribution in [0.1, 0.15) is 80.6 Å². The van der Waals surface area contributed by atoms with E-state index in [0.29, 0.717) is 0 Å². The number of ether oxygens (including phenoxy) is 2. The molecule has 3 aliphatic carbocycles. The van der Waals surface area contributed by atoms with Crippen LogP contribution in [-0.4, -0.2) is 34.5 Å². The van der Waals surface area contributed by atoms with Crippen LogP contribution in [0, 0.1) is 34.5 Å². The lowest BCUT2D eigenvalue weighted by Gasteiger charge is -2.54. The zero-order valence-corrected chi connectivity index (χ0v) is 18.2. The summed E-state index contributed by atoms with van der Waals surface area (Å²) in [4.78, 5) is 12.5. The molecule has 0 aromatic carbocycles. The Morgan fingerprint density at radius 3 is 2.33 bits per heavy atom. The standard InChI is InChI=1S/C23H38O4/c1-14(2)22-12-9-16-21(7)11-8-10-19(3,4)17(21)15(13-24)23(16,25)18(22)26-20(5,6)27-22/h13-18,25H,8-12H2,1-7H3/t15-,16-,17+,18-,21-,22+,23-/m1/s1. The molecule has 0 bridgehead atoms. The van der Waals surface area contributed by atoms with Crippen molar-refractivity contribution in [3.8, 4) is 0 Å². The van der Waals surface area contributed by atoms with E-state index in [-0.39, 0.29) is 28.6 Å². The van der Waals surface area contributed by atoms with Crippen LogP contribution in [0.2, 0.25) is 0 Å². The second kappa shape index (κ2) is 5.58. The van der Waals surface area contributed by atoms with E-state index in [9.17, 15) is 9.90 Å². The average molecular weight is 379 g/mol. The van der Waals surface area contributed by atoms with Gasteiger partial charge in [-0.1, -0.05) is 41.0 Å². The molecule has 27 heavy (non-hydrogen) atoms. The highest BCUT2D eigenvalue weighted by Crippen LogP contribution is 2.72. The van der Waals surface area contributed by atoms with Crippen molar-refractivity contribution >= 4 is 6.29 Å². The summed E-state index contributed by atoms with van der Waals surface area (Å²) in [5, 5.41) is 12.4. The van der Waals surface area contributed by atoms with Gasteiger partial charge in [0.2, 0.25) is 0 Å². The Kier molecular flexibility index (Phi) is 4.10. The summed E-state index contributed by atoms with van der Waals surface area (Å²) >= 11 is 0. The monoisotopic (exact) mass is 378 g/mol. The third-order valence-corrected chi connectivity index (χ3v) is 8.99. The highest BCUT2D eigenvalue weighted by atomic mass is 16.8. The molecule has 0 amide bonds.